The van der Waals surface area contributed by atoms with Crippen molar-refractivity contribution in [2.75, 3.05) is 0 Å². The lowest BCUT2D eigenvalue weighted by Crippen LogP contribution is -2.57. The third-order valence-corrected chi connectivity index (χ3v) is 11.0. The van der Waals surface area contributed by atoms with Crippen molar-refractivity contribution in [3.8, 4) is 0 Å². The summed E-state index contributed by atoms with van der Waals surface area (Å²) in [7, 11) is 0. The summed E-state index contributed by atoms with van der Waals surface area (Å²) in [6.07, 6.45) is 3.58. The van der Waals surface area contributed by atoms with E-state index in [-0.39, 0.29) is 23.4 Å². The van der Waals surface area contributed by atoms with Crippen molar-refractivity contribution in [1.29, 1.82) is 0 Å². The number of carbonyl (C=O) groups excluding carboxylic acids is 3. The van der Waals surface area contributed by atoms with E-state index in [2.05, 4.69) is 19.9 Å². The van der Waals surface area contributed by atoms with Crippen molar-refractivity contribution in [1.82, 2.24) is 0 Å². The van der Waals surface area contributed by atoms with E-state index in [0.717, 1.165) is 24.8 Å². The number of cyclic esters (lactones) is 1. The number of hydrogen-bond donors (Lipinski definition) is 2. The van der Waals surface area contributed by atoms with Crippen LogP contribution < -0.4 is 0 Å². The first-order valence-electron chi connectivity index (χ1n) is 13.6. The Morgan fingerprint density at radius 1 is 1.19 bits per heavy atom. The van der Waals surface area contributed by atoms with E-state index in [1.165, 1.54) is 18.1 Å². The van der Waals surface area contributed by atoms with Gasteiger partial charge in [0.15, 0.2) is 17.5 Å². The Kier molecular flexibility index (Phi) is 5.18. The minimum atomic E-state index is -1.81. The van der Waals surface area contributed by atoms with Crippen molar-refractivity contribution < 1.29 is 34.1 Å². The van der Waals surface area contributed by atoms with Gasteiger partial charge in [0, 0.05) is 24.2 Å². The summed E-state index contributed by atoms with van der Waals surface area (Å²) in [6.45, 7) is 9.18. The number of aliphatic hydroxyl groups excluding tert-OH is 1. The number of fused-ring (bicyclic) bond motifs is 8. The number of hydrogen-bond acceptors (Lipinski definition) is 7. The smallest absolute Gasteiger partial charge is 0.312 e. The number of carbonyl (C=O) groups is 3. The van der Waals surface area contributed by atoms with E-state index in [9.17, 15) is 24.6 Å². The van der Waals surface area contributed by atoms with Gasteiger partial charge >= 0.3 is 5.97 Å². The van der Waals surface area contributed by atoms with Crippen molar-refractivity contribution in [2.24, 2.45) is 34.5 Å². The van der Waals surface area contributed by atoms with Gasteiger partial charge in [-0.3, -0.25) is 14.4 Å². The van der Waals surface area contributed by atoms with Gasteiger partial charge in [-0.15, -0.1) is 0 Å². The second kappa shape index (κ2) is 7.61. The van der Waals surface area contributed by atoms with Crippen LogP contribution >= 0.6 is 0 Å². The molecule has 1 saturated carbocycles. The molecule has 2 heterocycles. The zero-order valence-electron chi connectivity index (χ0n) is 21.9. The number of ether oxygens (including phenoxy) is 2. The Balaban J connectivity index is 1.40. The molecule has 0 bridgehead atoms. The Morgan fingerprint density at radius 3 is 2.58 bits per heavy atom. The Morgan fingerprint density at radius 2 is 1.92 bits per heavy atom. The number of rotatable bonds is 3. The fourth-order valence-corrected chi connectivity index (χ4v) is 9.12. The molecule has 0 amide bonds. The molecule has 2 aliphatic heterocycles. The summed E-state index contributed by atoms with van der Waals surface area (Å²) in [5.74, 6) is -1.53. The van der Waals surface area contributed by atoms with Crippen LogP contribution in [0.5, 0.6) is 0 Å². The molecule has 2 N–H and O–H groups in total. The van der Waals surface area contributed by atoms with Crippen LogP contribution in [0, 0.1) is 34.5 Å². The lowest BCUT2D eigenvalue weighted by Gasteiger charge is -2.54. The van der Waals surface area contributed by atoms with Crippen LogP contribution in [0.4, 0.5) is 0 Å². The van der Waals surface area contributed by atoms with Crippen LogP contribution in [-0.4, -0.2) is 57.8 Å². The molecule has 0 radical (unpaired) electrons. The van der Waals surface area contributed by atoms with E-state index < -0.39 is 52.9 Å². The molecule has 36 heavy (non-hydrogen) atoms. The fraction of sp³-hybridized carbons (Fsp3) is 0.759. The second-order valence-electron chi connectivity index (χ2n) is 13.0. The molecule has 6 aliphatic rings. The number of allylic oxidation sites excluding steroid dienone is 2. The summed E-state index contributed by atoms with van der Waals surface area (Å²) < 4.78 is 12.2. The standard InChI is InChI=1S/C29H38O7/c1-13(2)29(34,14(3)30)25-24-21(26(33)36-25)23-20(35-24)11-18-17-7-6-15-10-16(31)8-9-27(15,4)22(17)19(32)12-28(18,23)5/h11,13,15,19-21,23-25,32,34H,6-10,12H2,1-5H3/t15-,19-,20-,21-,23+,24+,25-,27-,28-,29+/m0/s1. The summed E-state index contributed by atoms with van der Waals surface area (Å²) in [5.41, 5.74) is 1.00. The molecule has 0 aromatic rings. The number of aliphatic hydroxyl groups is 2. The highest BCUT2D eigenvalue weighted by atomic mass is 16.6. The average Bonchev–Trinajstić information content (AvgIpc) is 3.41. The molecule has 7 heteroatoms. The van der Waals surface area contributed by atoms with Crippen LogP contribution in [0.3, 0.4) is 0 Å². The molecule has 0 aromatic heterocycles. The van der Waals surface area contributed by atoms with Crippen molar-refractivity contribution in [3.63, 3.8) is 0 Å². The zero-order chi connectivity index (χ0) is 25.9. The Hall–Kier alpha value is -1.83. The van der Waals surface area contributed by atoms with Crippen LogP contribution in [0.25, 0.3) is 0 Å². The first kappa shape index (κ1) is 24.5. The fourth-order valence-electron chi connectivity index (χ4n) is 9.12. The molecule has 2 saturated heterocycles. The lowest BCUT2D eigenvalue weighted by atomic mass is 9.51. The minimum Gasteiger partial charge on any atom is -0.456 e. The first-order valence-corrected chi connectivity index (χ1v) is 13.6. The third-order valence-electron chi connectivity index (χ3n) is 11.0. The first-order chi connectivity index (χ1) is 16.8. The molecule has 4 aliphatic carbocycles. The van der Waals surface area contributed by atoms with Crippen LogP contribution in [-0.2, 0) is 23.9 Å². The molecule has 0 spiro atoms. The maximum absolute atomic E-state index is 13.3. The van der Waals surface area contributed by atoms with Gasteiger partial charge in [0.05, 0.1) is 18.1 Å². The number of Topliss-reactive ketones (excluding diaryl/α,β-unsaturated/α-hetero) is 2. The van der Waals surface area contributed by atoms with Gasteiger partial charge in [-0.25, -0.2) is 0 Å². The summed E-state index contributed by atoms with van der Waals surface area (Å²) >= 11 is 0. The zero-order valence-corrected chi connectivity index (χ0v) is 21.9. The molecule has 7 nitrogen and oxygen atoms in total. The third kappa shape index (κ3) is 2.88. The Labute approximate surface area is 212 Å². The van der Waals surface area contributed by atoms with Crippen LogP contribution in [0.1, 0.15) is 73.1 Å². The molecule has 6 rings (SSSR count). The van der Waals surface area contributed by atoms with Gasteiger partial charge in [-0.05, 0) is 66.6 Å². The quantitative estimate of drug-likeness (QED) is 0.576. The molecular formula is C29H38O7. The van der Waals surface area contributed by atoms with Crippen LogP contribution in [0.2, 0.25) is 0 Å². The van der Waals surface area contributed by atoms with Gasteiger partial charge in [0.2, 0.25) is 0 Å². The number of ketones is 2. The van der Waals surface area contributed by atoms with Gasteiger partial charge in [0.25, 0.3) is 0 Å². The predicted octanol–water partition coefficient (Wildman–Crippen LogP) is 3.06. The molecule has 10 atom stereocenters. The second-order valence-corrected chi connectivity index (χ2v) is 13.0. The number of esters is 1. The normalized spacial score (nSPS) is 46.9. The van der Waals surface area contributed by atoms with E-state index in [1.54, 1.807) is 13.8 Å². The maximum Gasteiger partial charge on any atom is 0.312 e. The van der Waals surface area contributed by atoms with E-state index in [1.807, 2.05) is 0 Å². The predicted molar refractivity (Wildman–Crippen MR) is 130 cm³/mol. The SMILES string of the molecule is CC(=O)[C@](O)(C(C)C)[C@H]1OC(=O)[C@@H]2[C@H]1O[C@H]1C=C3C4=C([C@@H](O)C[C@]3(C)[C@@H]21)[C@@]1(C)CCC(=O)C[C@@H]1CC4. The van der Waals surface area contributed by atoms with E-state index >= 15 is 0 Å². The summed E-state index contributed by atoms with van der Waals surface area (Å²) in [6, 6.07) is 0. The van der Waals surface area contributed by atoms with Gasteiger partial charge in [0.1, 0.15) is 11.9 Å². The van der Waals surface area contributed by atoms with Crippen molar-refractivity contribution in [3.05, 3.63) is 22.8 Å². The molecule has 3 fully saturated rings. The Bertz CT molecular complexity index is 1120. The van der Waals surface area contributed by atoms with Gasteiger partial charge < -0.3 is 19.7 Å². The van der Waals surface area contributed by atoms with E-state index in [4.69, 9.17) is 9.47 Å². The van der Waals surface area contributed by atoms with Gasteiger partial charge in [-0.2, -0.15) is 0 Å². The topological polar surface area (TPSA) is 110 Å². The molecule has 0 unspecified atom stereocenters. The van der Waals surface area contributed by atoms with Crippen LogP contribution in [0.15, 0.2) is 22.8 Å². The molecule has 0 aromatic carbocycles. The summed E-state index contributed by atoms with van der Waals surface area (Å²) in [5, 5.41) is 23.0. The lowest BCUT2D eigenvalue weighted by molar-refractivity contribution is -0.179. The molecular weight excluding hydrogens is 460 g/mol. The van der Waals surface area contributed by atoms with Crippen molar-refractivity contribution in [2.45, 2.75) is 103 Å². The maximum atomic E-state index is 13.3. The summed E-state index contributed by atoms with van der Waals surface area (Å²) in [4.78, 5) is 38.0. The average molecular weight is 499 g/mol. The monoisotopic (exact) mass is 498 g/mol. The highest BCUT2D eigenvalue weighted by molar-refractivity contribution is 5.88. The van der Waals surface area contributed by atoms with Gasteiger partial charge in [-0.1, -0.05) is 33.8 Å². The van der Waals surface area contributed by atoms with Crippen molar-refractivity contribution >= 4 is 17.5 Å². The highest BCUT2D eigenvalue weighted by Crippen LogP contribution is 2.66. The van der Waals surface area contributed by atoms with E-state index in [0.29, 0.717) is 25.0 Å². The largest absolute Gasteiger partial charge is 0.456 e. The minimum absolute atomic E-state index is 0.184. The molecule has 196 valence electrons. The highest BCUT2D eigenvalue weighted by Gasteiger charge is 2.70.